The van der Waals surface area contributed by atoms with Crippen molar-refractivity contribution in [3.05, 3.63) is 71.2 Å². The molecule has 0 unspecified atom stereocenters. The molecule has 4 aromatic carbocycles. The Balaban J connectivity index is 1.81. The number of amides is 2. The number of unbranched alkanes of at least 4 members (excludes halogenated alkanes) is 1. The molecule has 4 rings (SSSR count). The Hall–Kier alpha value is -5.06. The number of halogens is 1. The van der Waals surface area contributed by atoms with E-state index in [2.05, 4.69) is 41.3 Å². The van der Waals surface area contributed by atoms with Crippen molar-refractivity contribution in [2.75, 3.05) is 51.7 Å². The van der Waals surface area contributed by atoms with Crippen LogP contribution in [0.25, 0.3) is 0 Å². The van der Waals surface area contributed by atoms with Crippen LogP contribution in [0.15, 0.2) is 101 Å². The predicted molar refractivity (Wildman–Crippen MR) is 256 cm³/mol. The van der Waals surface area contributed by atoms with Crippen molar-refractivity contribution in [1.82, 2.24) is 0 Å². The van der Waals surface area contributed by atoms with E-state index in [1.165, 1.54) is 38.1 Å². The third kappa shape index (κ3) is 19.4. The summed E-state index contributed by atoms with van der Waals surface area (Å²) < 4.78 is 101. The van der Waals surface area contributed by atoms with Gasteiger partial charge in [-0.05, 0) is 104 Å². The van der Waals surface area contributed by atoms with E-state index in [4.69, 9.17) is 26.6 Å². The van der Waals surface area contributed by atoms with Crippen LogP contribution in [0, 0.1) is 6.92 Å². The summed E-state index contributed by atoms with van der Waals surface area (Å²) in [6, 6.07) is 15.7. The second-order valence-electron chi connectivity index (χ2n) is 14.1. The van der Waals surface area contributed by atoms with Gasteiger partial charge >= 0.3 is 0 Å². The molecule has 0 aliphatic heterocycles. The first-order valence-corrected chi connectivity index (χ1v) is 26.7. The number of hydrogen-bond donors (Lipinski definition) is 6. The third-order valence-corrected chi connectivity index (χ3v) is 13.3. The van der Waals surface area contributed by atoms with Crippen molar-refractivity contribution in [2.45, 2.75) is 56.2 Å². The van der Waals surface area contributed by atoms with Crippen LogP contribution in [0.4, 0.5) is 51.2 Å². The van der Waals surface area contributed by atoms with Crippen LogP contribution in [-0.2, 0) is 39.9 Å². The van der Waals surface area contributed by atoms with Gasteiger partial charge < -0.3 is 21.1 Å². The number of anilines is 3. The number of rotatable bonds is 24. The summed E-state index contributed by atoms with van der Waals surface area (Å²) in [6.07, 6.45) is 0.544. The molecule has 0 fully saturated rings. The molecule has 27 heteroatoms. The average Bonchev–Trinajstić information content (AvgIpc) is 3.20. The number of benzene rings is 4. The SMILES string of the molecule is CC(=O)Nc1cc(N=Nc2cc(SCCCS(=O)(=O)O)c(N=Nc3cc(OCCCCS(=O)(=O)O)c(N)cc3C)cc2NC(C)=O)c(SCCCS(=O)(=O)O)cc1N=Nc1ccc(Cl)cc1. The maximum Gasteiger partial charge on any atom is 0.264 e. The molecule has 0 radical (unpaired) electrons. The molecule has 21 nitrogen and oxygen atoms in total. The average molecular weight is 1030 g/mol. The Morgan fingerprint density at radius 3 is 1.53 bits per heavy atom. The zero-order valence-corrected chi connectivity index (χ0v) is 40.4. The number of azo groups is 3. The van der Waals surface area contributed by atoms with Gasteiger partial charge in [-0.15, -0.1) is 44.0 Å². The summed E-state index contributed by atoms with van der Waals surface area (Å²) in [5.41, 5.74) is 8.84. The van der Waals surface area contributed by atoms with Crippen molar-refractivity contribution in [3.8, 4) is 5.75 Å². The van der Waals surface area contributed by atoms with Crippen LogP contribution in [0.1, 0.15) is 45.1 Å². The largest absolute Gasteiger partial charge is 0.491 e. The zero-order valence-electron chi connectivity index (χ0n) is 35.5. The third-order valence-electron chi connectivity index (χ3n) is 8.40. The lowest BCUT2D eigenvalue weighted by Gasteiger charge is -2.13. The van der Waals surface area contributed by atoms with E-state index in [-0.39, 0.29) is 82.9 Å². The minimum atomic E-state index is -4.27. The number of nitrogens with one attached hydrogen (secondary N) is 2. The number of carbonyl (C=O) groups excluding carboxylic acids is 2. The molecule has 0 atom stereocenters. The predicted octanol–water partition coefficient (Wildman–Crippen LogP) is 10.2. The first-order chi connectivity index (χ1) is 30.9. The highest BCUT2D eigenvalue weighted by Gasteiger charge is 2.17. The Morgan fingerprint density at radius 2 is 1.06 bits per heavy atom. The van der Waals surface area contributed by atoms with Crippen molar-refractivity contribution < 1.29 is 53.2 Å². The maximum atomic E-state index is 12.5. The zero-order chi connectivity index (χ0) is 48.7. The molecule has 0 saturated heterocycles. The van der Waals surface area contributed by atoms with Crippen molar-refractivity contribution in [1.29, 1.82) is 0 Å². The second-order valence-corrected chi connectivity index (χ2v) is 21.5. The number of nitrogens with two attached hydrogens (primary N) is 1. The summed E-state index contributed by atoms with van der Waals surface area (Å²) in [5, 5.41) is 32.3. The lowest BCUT2D eigenvalue weighted by molar-refractivity contribution is -0.115. The lowest BCUT2D eigenvalue weighted by Crippen LogP contribution is -2.06. The van der Waals surface area contributed by atoms with Gasteiger partial charge in [-0.1, -0.05) is 11.6 Å². The Kier molecular flexibility index (Phi) is 20.0. The maximum absolute atomic E-state index is 12.5. The molecule has 0 spiro atoms. The van der Waals surface area contributed by atoms with E-state index in [0.717, 1.165) is 23.5 Å². The van der Waals surface area contributed by atoms with Crippen molar-refractivity contribution >= 4 is 128 Å². The molecule has 66 heavy (non-hydrogen) atoms. The number of nitrogens with zero attached hydrogens (tertiary/aromatic N) is 6. The van der Waals surface area contributed by atoms with E-state index >= 15 is 0 Å². The lowest BCUT2D eigenvalue weighted by atomic mass is 10.1. The van der Waals surface area contributed by atoms with Crippen LogP contribution >= 0.6 is 35.1 Å². The number of hydrogen-bond acceptors (Lipinski definition) is 18. The first-order valence-electron chi connectivity index (χ1n) is 19.5. The van der Waals surface area contributed by atoms with E-state index < -0.39 is 59.4 Å². The molecule has 2 amide bonds. The van der Waals surface area contributed by atoms with Gasteiger partial charge in [0.2, 0.25) is 11.8 Å². The summed E-state index contributed by atoms with van der Waals surface area (Å²) in [6.45, 7) is 4.36. The highest BCUT2D eigenvalue weighted by molar-refractivity contribution is 7.99. The Morgan fingerprint density at radius 1 is 0.621 bits per heavy atom. The van der Waals surface area contributed by atoms with Gasteiger partial charge in [0.15, 0.2) is 0 Å². The molecular weight excluding hydrogens is 982 g/mol. The van der Waals surface area contributed by atoms with Gasteiger partial charge in [-0.25, -0.2) is 0 Å². The number of thioether (sulfide) groups is 2. The summed E-state index contributed by atoms with van der Waals surface area (Å²) in [7, 11) is -12.6. The highest BCUT2D eigenvalue weighted by Crippen LogP contribution is 2.44. The molecule has 356 valence electrons. The van der Waals surface area contributed by atoms with Gasteiger partial charge in [0, 0.05) is 34.7 Å². The summed E-state index contributed by atoms with van der Waals surface area (Å²) in [5.74, 6) is -1.79. The standard InChI is InChI=1S/C39H46ClN9O12S5/c1-24-18-29(41)37(61-12-4-5-15-64(52,53)54)21-30(24)45-48-35-20-32(43-26(3)51)34(23-39(35)63-14-7-17-66(58,59)60)47-49-36-19-31(42-25(2)50)33(46-44-28-10-8-27(40)9-11-28)22-38(36)62-13-6-16-65(55,56)57/h8-11,18-23H,4-7,12-17,41H2,1-3H3,(H,42,50)(H,43,51)(H,52,53,54)(H,55,56,57)(H,58,59,60). The number of carbonyl (C=O) groups is 2. The number of ether oxygens (including phenoxy) is 1. The van der Waals surface area contributed by atoms with Crippen LogP contribution in [0.2, 0.25) is 5.02 Å². The summed E-state index contributed by atoms with van der Waals surface area (Å²) >= 11 is 8.31. The molecule has 0 bridgehead atoms. The van der Waals surface area contributed by atoms with Crippen molar-refractivity contribution in [2.24, 2.45) is 30.7 Å². The fourth-order valence-corrected chi connectivity index (χ4v) is 9.41. The van der Waals surface area contributed by atoms with Gasteiger partial charge in [0.05, 0.1) is 52.3 Å². The van der Waals surface area contributed by atoms with Gasteiger partial charge in [-0.3, -0.25) is 23.2 Å². The quantitative estimate of drug-likeness (QED) is 0.0125. The topological polar surface area (TPSA) is 331 Å². The smallest absolute Gasteiger partial charge is 0.264 e. The molecule has 0 aliphatic rings. The van der Waals surface area contributed by atoms with Crippen LogP contribution in [0.3, 0.4) is 0 Å². The van der Waals surface area contributed by atoms with Crippen LogP contribution in [-0.4, -0.2) is 86.1 Å². The molecule has 4 aromatic rings. The van der Waals surface area contributed by atoms with Gasteiger partial charge in [0.25, 0.3) is 30.4 Å². The van der Waals surface area contributed by atoms with Gasteiger partial charge in [0.1, 0.15) is 28.5 Å². The molecule has 0 aliphatic carbocycles. The van der Waals surface area contributed by atoms with Crippen molar-refractivity contribution in [3.63, 3.8) is 0 Å². The Labute approximate surface area is 395 Å². The van der Waals surface area contributed by atoms with Crippen LogP contribution < -0.4 is 21.1 Å². The first kappa shape index (κ1) is 53.6. The minimum absolute atomic E-state index is 0.0399. The molecule has 0 heterocycles. The fraction of sp³-hybridized carbons (Fsp3) is 0.333. The fourth-order valence-electron chi connectivity index (χ4n) is 5.43. The minimum Gasteiger partial charge on any atom is -0.491 e. The van der Waals surface area contributed by atoms with E-state index in [1.807, 2.05) is 0 Å². The van der Waals surface area contributed by atoms with Crippen LogP contribution in [0.5, 0.6) is 5.75 Å². The van der Waals surface area contributed by atoms with Gasteiger partial charge in [-0.2, -0.15) is 35.5 Å². The molecular formula is C39H46ClN9O12S5. The Bertz CT molecular complexity index is 2830. The van der Waals surface area contributed by atoms with E-state index in [1.54, 1.807) is 43.3 Å². The molecule has 0 aromatic heterocycles. The highest BCUT2D eigenvalue weighted by atomic mass is 35.5. The second kappa shape index (κ2) is 24.6. The monoisotopic (exact) mass is 1030 g/mol. The van der Waals surface area contributed by atoms with E-state index in [0.29, 0.717) is 38.2 Å². The number of aryl methyl sites for hydroxylation is 1. The van der Waals surface area contributed by atoms with E-state index in [9.17, 15) is 43.9 Å². The number of nitrogen functional groups attached to an aromatic ring is 1. The molecule has 0 saturated carbocycles. The normalized spacial score (nSPS) is 12.3. The summed E-state index contributed by atoms with van der Waals surface area (Å²) in [4.78, 5) is 25.7. The molecule has 7 N–H and O–H groups in total.